The zero-order valence-corrected chi connectivity index (χ0v) is 17.4. The van der Waals surface area contributed by atoms with Crippen LogP contribution in [0.3, 0.4) is 0 Å². The van der Waals surface area contributed by atoms with Crippen LogP contribution in [0, 0.1) is 10.1 Å². The first kappa shape index (κ1) is 21.0. The lowest BCUT2D eigenvalue weighted by Gasteiger charge is -2.24. The molecule has 2 N–H and O–H groups in total. The summed E-state index contributed by atoms with van der Waals surface area (Å²) >= 11 is 5.97. The van der Waals surface area contributed by atoms with E-state index < -0.39 is 16.2 Å². The first-order valence-electron chi connectivity index (χ1n) is 10.0. The third-order valence-corrected chi connectivity index (χ3v) is 5.80. The standard InChI is InChI=1S/C22H21ClN4O4/c23-16-5-3-14(4-6-16)15-9-10-24-17(12-15)2-1-11-26-21(28)19-13-18(27(30)31)7-8-20(19)25-22(26)29/h3-9,13,17,24H,1-2,10-12H2,(H,25,29). The fourth-order valence-corrected chi connectivity index (χ4v) is 4.05. The van der Waals surface area contributed by atoms with Crippen LogP contribution in [0.1, 0.15) is 24.8 Å². The molecule has 2 heterocycles. The van der Waals surface area contributed by atoms with Crippen LogP contribution < -0.4 is 16.6 Å². The van der Waals surface area contributed by atoms with E-state index in [0.717, 1.165) is 29.5 Å². The Hall–Kier alpha value is -3.23. The van der Waals surface area contributed by atoms with Gasteiger partial charge in [0.15, 0.2) is 0 Å². The molecule has 1 atom stereocenters. The van der Waals surface area contributed by atoms with Crippen molar-refractivity contribution >= 4 is 33.8 Å². The first-order valence-corrected chi connectivity index (χ1v) is 10.4. The Kier molecular flexibility index (Phi) is 6.01. The summed E-state index contributed by atoms with van der Waals surface area (Å²) in [4.78, 5) is 38.2. The summed E-state index contributed by atoms with van der Waals surface area (Å²) in [6.07, 6.45) is 4.40. The molecule has 0 aliphatic carbocycles. The molecule has 4 rings (SSSR count). The molecule has 0 bridgehead atoms. The van der Waals surface area contributed by atoms with E-state index in [0.29, 0.717) is 17.0 Å². The molecule has 2 aromatic carbocycles. The van der Waals surface area contributed by atoms with Crippen molar-refractivity contribution in [1.29, 1.82) is 0 Å². The Morgan fingerprint density at radius 1 is 1.16 bits per heavy atom. The first-order chi connectivity index (χ1) is 14.9. The third kappa shape index (κ3) is 4.60. The van der Waals surface area contributed by atoms with Gasteiger partial charge in [-0.15, -0.1) is 0 Å². The Morgan fingerprint density at radius 3 is 2.68 bits per heavy atom. The fourth-order valence-electron chi connectivity index (χ4n) is 3.92. The van der Waals surface area contributed by atoms with Crippen molar-refractivity contribution in [3.8, 4) is 0 Å². The molecule has 1 aliphatic heterocycles. The zero-order chi connectivity index (χ0) is 22.0. The fraction of sp³-hybridized carbons (Fsp3) is 0.273. The maximum absolute atomic E-state index is 12.8. The minimum Gasteiger partial charge on any atom is -0.310 e. The maximum Gasteiger partial charge on any atom is 0.328 e. The predicted molar refractivity (Wildman–Crippen MR) is 121 cm³/mol. The van der Waals surface area contributed by atoms with E-state index in [-0.39, 0.29) is 23.7 Å². The van der Waals surface area contributed by atoms with Crippen molar-refractivity contribution in [3.05, 3.63) is 90.1 Å². The third-order valence-electron chi connectivity index (χ3n) is 5.55. The van der Waals surface area contributed by atoms with E-state index in [1.54, 1.807) is 0 Å². The number of fused-ring (bicyclic) bond motifs is 1. The summed E-state index contributed by atoms with van der Waals surface area (Å²) in [7, 11) is 0. The summed E-state index contributed by atoms with van der Waals surface area (Å²) < 4.78 is 1.12. The Bertz CT molecular complexity index is 1280. The number of rotatable bonds is 6. The number of benzene rings is 2. The molecule has 31 heavy (non-hydrogen) atoms. The quantitative estimate of drug-likeness (QED) is 0.450. The van der Waals surface area contributed by atoms with Gasteiger partial charge in [-0.1, -0.05) is 29.8 Å². The Balaban J connectivity index is 1.45. The van der Waals surface area contributed by atoms with Gasteiger partial charge in [0, 0.05) is 36.3 Å². The number of nitrogens with zero attached hydrogens (tertiary/aromatic N) is 2. The van der Waals surface area contributed by atoms with E-state index >= 15 is 0 Å². The van der Waals surface area contributed by atoms with E-state index in [1.807, 2.05) is 24.3 Å². The van der Waals surface area contributed by atoms with E-state index in [2.05, 4.69) is 16.4 Å². The molecule has 3 aromatic rings. The van der Waals surface area contributed by atoms with Gasteiger partial charge in [-0.25, -0.2) is 4.79 Å². The number of nitro benzene ring substituents is 1. The van der Waals surface area contributed by atoms with Crippen LogP contribution in [0.2, 0.25) is 5.02 Å². The van der Waals surface area contributed by atoms with Gasteiger partial charge in [0.05, 0.1) is 15.8 Å². The van der Waals surface area contributed by atoms with Crippen LogP contribution in [0.5, 0.6) is 0 Å². The minimum absolute atomic E-state index is 0.137. The van der Waals surface area contributed by atoms with Gasteiger partial charge in [0.2, 0.25) is 0 Å². The zero-order valence-electron chi connectivity index (χ0n) is 16.6. The van der Waals surface area contributed by atoms with Crippen LogP contribution in [0.25, 0.3) is 16.5 Å². The lowest BCUT2D eigenvalue weighted by molar-refractivity contribution is -0.384. The van der Waals surface area contributed by atoms with E-state index in [9.17, 15) is 19.7 Å². The Labute approximate surface area is 182 Å². The average molecular weight is 441 g/mol. The second kappa shape index (κ2) is 8.87. The second-order valence-corrected chi connectivity index (χ2v) is 8.00. The number of aromatic amines is 1. The van der Waals surface area contributed by atoms with Gasteiger partial charge in [0.1, 0.15) is 0 Å². The summed E-state index contributed by atoms with van der Waals surface area (Å²) in [5.41, 5.74) is 1.47. The summed E-state index contributed by atoms with van der Waals surface area (Å²) in [5.74, 6) is 0. The lowest BCUT2D eigenvalue weighted by atomic mass is 9.93. The van der Waals surface area contributed by atoms with Crippen molar-refractivity contribution in [1.82, 2.24) is 14.9 Å². The molecular formula is C22H21ClN4O4. The molecule has 160 valence electrons. The summed E-state index contributed by atoms with van der Waals surface area (Å²) in [5, 5.41) is 15.3. The number of hydrogen-bond acceptors (Lipinski definition) is 5. The molecule has 0 saturated carbocycles. The number of halogens is 1. The average Bonchev–Trinajstić information content (AvgIpc) is 2.76. The molecule has 0 amide bonds. The topological polar surface area (TPSA) is 110 Å². The molecule has 0 spiro atoms. The molecule has 9 heteroatoms. The number of nitrogens with one attached hydrogen (secondary N) is 2. The highest BCUT2D eigenvalue weighted by molar-refractivity contribution is 6.30. The monoisotopic (exact) mass is 440 g/mol. The number of nitro groups is 1. The van der Waals surface area contributed by atoms with Gasteiger partial charge in [-0.2, -0.15) is 0 Å². The molecule has 1 unspecified atom stereocenters. The van der Waals surface area contributed by atoms with Gasteiger partial charge in [0.25, 0.3) is 11.2 Å². The van der Waals surface area contributed by atoms with Gasteiger partial charge >= 0.3 is 5.69 Å². The minimum atomic E-state index is -0.561. The van der Waals surface area contributed by atoms with E-state index in [4.69, 9.17) is 11.6 Å². The van der Waals surface area contributed by atoms with Crippen molar-refractivity contribution in [2.24, 2.45) is 0 Å². The molecule has 0 radical (unpaired) electrons. The van der Waals surface area contributed by atoms with Crippen LogP contribution in [-0.4, -0.2) is 27.1 Å². The van der Waals surface area contributed by atoms with Gasteiger partial charge < -0.3 is 10.3 Å². The molecule has 8 nitrogen and oxygen atoms in total. The van der Waals surface area contributed by atoms with Crippen molar-refractivity contribution in [2.75, 3.05) is 6.54 Å². The van der Waals surface area contributed by atoms with Crippen LogP contribution in [-0.2, 0) is 6.54 Å². The smallest absolute Gasteiger partial charge is 0.310 e. The molecule has 0 saturated heterocycles. The number of non-ortho nitro benzene ring substituents is 1. The molecule has 0 fully saturated rings. The SMILES string of the molecule is O=c1[nH]c2ccc([N+](=O)[O-])cc2c(=O)n1CCCC1CC(c2ccc(Cl)cc2)=CCN1. The molecule has 1 aliphatic rings. The highest BCUT2D eigenvalue weighted by Gasteiger charge is 2.17. The number of aromatic nitrogens is 2. The second-order valence-electron chi connectivity index (χ2n) is 7.56. The largest absolute Gasteiger partial charge is 0.328 e. The van der Waals surface area contributed by atoms with Crippen LogP contribution >= 0.6 is 11.6 Å². The van der Waals surface area contributed by atoms with E-state index in [1.165, 1.54) is 23.8 Å². The van der Waals surface area contributed by atoms with Gasteiger partial charge in [-0.05, 0) is 48.6 Å². The van der Waals surface area contributed by atoms with Crippen LogP contribution in [0.15, 0.2) is 58.1 Å². The van der Waals surface area contributed by atoms with Crippen molar-refractivity contribution < 1.29 is 4.92 Å². The van der Waals surface area contributed by atoms with Crippen molar-refractivity contribution in [3.63, 3.8) is 0 Å². The van der Waals surface area contributed by atoms with Crippen molar-refractivity contribution in [2.45, 2.75) is 31.8 Å². The predicted octanol–water partition coefficient (Wildman–Crippen LogP) is 3.48. The Morgan fingerprint density at radius 2 is 1.94 bits per heavy atom. The maximum atomic E-state index is 12.8. The summed E-state index contributed by atoms with van der Waals surface area (Å²) in [6, 6.07) is 11.8. The summed E-state index contributed by atoms with van der Waals surface area (Å²) in [6.45, 7) is 0.994. The highest BCUT2D eigenvalue weighted by Crippen LogP contribution is 2.25. The highest BCUT2D eigenvalue weighted by atomic mass is 35.5. The number of H-pyrrole nitrogens is 1. The number of hydrogen-bond donors (Lipinski definition) is 2. The van der Waals surface area contributed by atoms with Crippen LogP contribution in [0.4, 0.5) is 5.69 Å². The van der Waals surface area contributed by atoms with Gasteiger partial charge in [-0.3, -0.25) is 19.5 Å². The lowest BCUT2D eigenvalue weighted by Crippen LogP contribution is -2.36. The normalized spacial score (nSPS) is 16.3. The molecule has 1 aromatic heterocycles. The molecular weight excluding hydrogens is 420 g/mol.